The number of ether oxygens (including phenoxy) is 1. The van der Waals surface area contributed by atoms with Gasteiger partial charge in [0.1, 0.15) is 0 Å². The smallest absolute Gasteiger partial charge is 0.0707 e. The van der Waals surface area contributed by atoms with E-state index < -0.39 is 0 Å². The highest BCUT2D eigenvalue weighted by molar-refractivity contribution is 4.91. The first-order valence-electron chi connectivity index (χ1n) is 8.47. The molecule has 3 heteroatoms. The molecule has 1 aliphatic carbocycles. The number of fused-ring (bicyclic) bond motifs is 1. The molecule has 0 amide bonds. The van der Waals surface area contributed by atoms with Gasteiger partial charge in [0.2, 0.25) is 0 Å². The van der Waals surface area contributed by atoms with E-state index in [-0.39, 0.29) is 0 Å². The maximum Gasteiger partial charge on any atom is 0.0707 e. The van der Waals surface area contributed by atoms with Crippen LogP contribution >= 0.6 is 0 Å². The first-order valence-corrected chi connectivity index (χ1v) is 8.47. The molecule has 0 aromatic carbocycles. The molecule has 2 saturated heterocycles. The molecule has 19 heavy (non-hydrogen) atoms. The first-order chi connectivity index (χ1) is 9.36. The van der Waals surface area contributed by atoms with Crippen LogP contribution in [-0.2, 0) is 4.74 Å². The van der Waals surface area contributed by atoms with Crippen molar-refractivity contribution in [1.29, 1.82) is 0 Å². The molecule has 0 aromatic heterocycles. The highest BCUT2D eigenvalue weighted by atomic mass is 16.5. The lowest BCUT2D eigenvalue weighted by molar-refractivity contribution is 0.0167. The number of hydrogen-bond acceptors (Lipinski definition) is 3. The van der Waals surface area contributed by atoms with Crippen LogP contribution in [0.15, 0.2) is 0 Å². The quantitative estimate of drug-likeness (QED) is 0.827. The van der Waals surface area contributed by atoms with Crippen LogP contribution in [0.3, 0.4) is 0 Å². The fourth-order valence-electron chi connectivity index (χ4n) is 4.36. The molecule has 3 rings (SSSR count). The molecule has 4 atom stereocenters. The van der Waals surface area contributed by atoms with Crippen molar-refractivity contribution in [2.24, 2.45) is 5.92 Å². The minimum absolute atomic E-state index is 0.467. The minimum atomic E-state index is 0.467. The predicted molar refractivity (Wildman–Crippen MR) is 78.4 cm³/mol. The van der Waals surface area contributed by atoms with Crippen molar-refractivity contribution in [3.8, 4) is 0 Å². The summed E-state index contributed by atoms with van der Waals surface area (Å²) in [6.07, 6.45) is 10.8. The van der Waals surface area contributed by atoms with Gasteiger partial charge in [0.15, 0.2) is 0 Å². The SMILES string of the molecule is CCNCC1CCC(CN2CCC3CCCCC32)O1. The van der Waals surface area contributed by atoms with E-state index in [1.165, 1.54) is 58.0 Å². The van der Waals surface area contributed by atoms with E-state index >= 15 is 0 Å². The van der Waals surface area contributed by atoms with Crippen LogP contribution in [0.25, 0.3) is 0 Å². The second kappa shape index (κ2) is 6.55. The monoisotopic (exact) mass is 266 g/mol. The summed E-state index contributed by atoms with van der Waals surface area (Å²) in [6, 6.07) is 0.894. The normalized spacial score (nSPS) is 39.6. The van der Waals surface area contributed by atoms with Gasteiger partial charge >= 0.3 is 0 Å². The van der Waals surface area contributed by atoms with Crippen molar-refractivity contribution in [3.63, 3.8) is 0 Å². The summed E-state index contributed by atoms with van der Waals surface area (Å²) in [5.41, 5.74) is 0. The third-order valence-electron chi connectivity index (χ3n) is 5.38. The van der Waals surface area contributed by atoms with E-state index in [2.05, 4.69) is 17.1 Å². The summed E-state index contributed by atoms with van der Waals surface area (Å²) >= 11 is 0. The summed E-state index contributed by atoms with van der Waals surface area (Å²) in [5.74, 6) is 1.01. The fraction of sp³-hybridized carbons (Fsp3) is 1.00. The molecule has 3 nitrogen and oxygen atoms in total. The summed E-state index contributed by atoms with van der Waals surface area (Å²) < 4.78 is 6.20. The van der Waals surface area contributed by atoms with Gasteiger partial charge in [-0.3, -0.25) is 4.90 Å². The largest absolute Gasteiger partial charge is 0.372 e. The number of likely N-dealkylation sites (N-methyl/N-ethyl adjacent to an activating group) is 1. The summed E-state index contributed by atoms with van der Waals surface area (Å²) in [4.78, 5) is 2.75. The van der Waals surface area contributed by atoms with Gasteiger partial charge in [0.05, 0.1) is 12.2 Å². The zero-order valence-electron chi connectivity index (χ0n) is 12.4. The maximum absolute atomic E-state index is 6.20. The highest BCUT2D eigenvalue weighted by Crippen LogP contribution is 2.36. The van der Waals surface area contributed by atoms with E-state index in [9.17, 15) is 0 Å². The van der Waals surface area contributed by atoms with E-state index in [4.69, 9.17) is 4.74 Å². The zero-order chi connectivity index (χ0) is 13.1. The van der Waals surface area contributed by atoms with Crippen LogP contribution in [0, 0.1) is 5.92 Å². The topological polar surface area (TPSA) is 24.5 Å². The summed E-state index contributed by atoms with van der Waals surface area (Å²) in [6.45, 7) is 6.79. The average molecular weight is 266 g/mol. The lowest BCUT2D eigenvalue weighted by atomic mass is 9.85. The molecule has 110 valence electrons. The number of likely N-dealkylation sites (tertiary alicyclic amines) is 1. The van der Waals surface area contributed by atoms with Crippen LogP contribution in [0.4, 0.5) is 0 Å². The lowest BCUT2D eigenvalue weighted by Gasteiger charge is -2.33. The highest BCUT2D eigenvalue weighted by Gasteiger charge is 2.37. The number of nitrogens with one attached hydrogen (secondary N) is 1. The third-order valence-corrected chi connectivity index (χ3v) is 5.38. The summed E-state index contributed by atoms with van der Waals surface area (Å²) in [7, 11) is 0. The van der Waals surface area contributed by atoms with Crippen molar-refractivity contribution in [3.05, 3.63) is 0 Å². The molecule has 0 spiro atoms. The molecule has 0 radical (unpaired) electrons. The number of hydrogen-bond donors (Lipinski definition) is 1. The first kappa shape index (κ1) is 13.8. The van der Waals surface area contributed by atoms with Crippen LogP contribution in [0.5, 0.6) is 0 Å². The molecule has 2 heterocycles. The third kappa shape index (κ3) is 3.32. The van der Waals surface area contributed by atoms with Crippen LogP contribution in [0.1, 0.15) is 51.9 Å². The Labute approximate surface area is 118 Å². The predicted octanol–water partition coefficient (Wildman–Crippen LogP) is 2.41. The Morgan fingerprint density at radius 3 is 2.79 bits per heavy atom. The molecular weight excluding hydrogens is 236 g/mol. The second-order valence-electron chi connectivity index (χ2n) is 6.66. The van der Waals surface area contributed by atoms with E-state index in [0.717, 1.165) is 25.0 Å². The molecule has 2 aliphatic heterocycles. The van der Waals surface area contributed by atoms with Crippen LogP contribution in [0.2, 0.25) is 0 Å². The van der Waals surface area contributed by atoms with E-state index in [1.807, 2.05) is 0 Å². The molecule has 4 unspecified atom stereocenters. The number of nitrogens with zero attached hydrogens (tertiary/aromatic N) is 1. The van der Waals surface area contributed by atoms with Gasteiger partial charge in [0.25, 0.3) is 0 Å². The van der Waals surface area contributed by atoms with Crippen molar-refractivity contribution in [2.75, 3.05) is 26.2 Å². The Kier molecular flexibility index (Phi) is 4.78. The minimum Gasteiger partial charge on any atom is -0.372 e. The van der Waals surface area contributed by atoms with Crippen molar-refractivity contribution < 1.29 is 4.74 Å². The molecule has 0 bridgehead atoms. The van der Waals surface area contributed by atoms with Crippen molar-refractivity contribution >= 4 is 0 Å². The maximum atomic E-state index is 6.20. The molecule has 1 saturated carbocycles. The fourth-order valence-corrected chi connectivity index (χ4v) is 4.36. The summed E-state index contributed by atoms with van der Waals surface area (Å²) in [5, 5.41) is 3.41. The molecule has 1 N–H and O–H groups in total. The van der Waals surface area contributed by atoms with Gasteiger partial charge < -0.3 is 10.1 Å². The van der Waals surface area contributed by atoms with E-state index in [1.54, 1.807) is 0 Å². The Morgan fingerprint density at radius 2 is 1.89 bits per heavy atom. The van der Waals surface area contributed by atoms with Gasteiger partial charge in [-0.05, 0) is 51.1 Å². The average Bonchev–Trinajstić information content (AvgIpc) is 3.05. The zero-order valence-corrected chi connectivity index (χ0v) is 12.4. The van der Waals surface area contributed by atoms with Crippen molar-refractivity contribution in [1.82, 2.24) is 10.2 Å². The van der Waals surface area contributed by atoms with Gasteiger partial charge in [-0.25, -0.2) is 0 Å². The van der Waals surface area contributed by atoms with Gasteiger partial charge in [0, 0.05) is 19.1 Å². The van der Waals surface area contributed by atoms with Gasteiger partial charge in [-0.15, -0.1) is 0 Å². The Balaban J connectivity index is 1.44. The second-order valence-corrected chi connectivity index (χ2v) is 6.66. The number of rotatable bonds is 5. The molecule has 3 aliphatic rings. The molecular formula is C16H30N2O. The molecule has 0 aromatic rings. The van der Waals surface area contributed by atoms with Crippen LogP contribution in [-0.4, -0.2) is 49.3 Å². The van der Waals surface area contributed by atoms with Gasteiger partial charge in [-0.1, -0.05) is 19.8 Å². The van der Waals surface area contributed by atoms with Crippen LogP contribution < -0.4 is 5.32 Å². The van der Waals surface area contributed by atoms with E-state index in [0.29, 0.717) is 12.2 Å². The standard InChI is InChI=1S/C16H30N2O/c1-2-17-11-14-7-8-15(19-14)12-18-10-9-13-5-3-4-6-16(13)18/h13-17H,2-12H2,1H3. The molecule has 3 fully saturated rings. The Morgan fingerprint density at radius 1 is 1.05 bits per heavy atom. The Bertz CT molecular complexity index is 284. The van der Waals surface area contributed by atoms with Gasteiger partial charge in [-0.2, -0.15) is 0 Å². The van der Waals surface area contributed by atoms with Crippen molar-refractivity contribution in [2.45, 2.75) is 70.1 Å². The Hall–Kier alpha value is -0.120. The lowest BCUT2D eigenvalue weighted by Crippen LogP contribution is -2.40.